The van der Waals surface area contributed by atoms with Crippen LogP contribution < -0.4 is 5.32 Å². The number of nitrogens with one attached hydrogen (secondary N) is 1. The van der Waals surface area contributed by atoms with Crippen LogP contribution in [-0.2, 0) is 11.2 Å². The van der Waals surface area contributed by atoms with Gasteiger partial charge in [0.05, 0.1) is 11.9 Å². The topological polar surface area (TPSA) is 67.2 Å². The summed E-state index contributed by atoms with van der Waals surface area (Å²) in [5.74, 6) is 1.50. The molecular weight excluding hydrogens is 314 g/mol. The molecule has 2 aromatic rings. The minimum atomic E-state index is 0.0865. The first-order chi connectivity index (χ1) is 12.2. The van der Waals surface area contributed by atoms with E-state index < -0.39 is 0 Å². The molecule has 25 heavy (non-hydrogen) atoms. The Labute approximate surface area is 148 Å². The molecule has 4 rings (SSSR count). The molecule has 132 valence electrons. The molecule has 0 saturated heterocycles. The van der Waals surface area contributed by atoms with Gasteiger partial charge >= 0.3 is 0 Å². The Bertz CT molecular complexity index is 728. The maximum atomic E-state index is 12.4. The van der Waals surface area contributed by atoms with Gasteiger partial charge in [-0.2, -0.15) is 5.10 Å². The molecule has 5 heteroatoms. The number of aliphatic hydroxyl groups excluding tert-OH is 1. The maximum absolute atomic E-state index is 12.4. The first kappa shape index (κ1) is 16.3. The summed E-state index contributed by atoms with van der Waals surface area (Å²) in [5, 5.41) is 17.2. The van der Waals surface area contributed by atoms with Gasteiger partial charge in [0.1, 0.15) is 0 Å². The molecule has 4 atom stereocenters. The SMILES string of the molecule is O=C(CCc1cnn(-c2ccccc2)c1)NC1C2CCC(C2)C1CO. The quantitative estimate of drug-likeness (QED) is 0.849. The molecule has 2 saturated carbocycles. The van der Waals surface area contributed by atoms with Crippen LogP contribution in [0.1, 0.15) is 31.2 Å². The summed E-state index contributed by atoms with van der Waals surface area (Å²) in [6, 6.07) is 10.1. The van der Waals surface area contributed by atoms with Gasteiger partial charge in [0.25, 0.3) is 0 Å². The van der Waals surface area contributed by atoms with Crippen LogP contribution in [0.2, 0.25) is 0 Å². The zero-order chi connectivity index (χ0) is 17.2. The number of nitrogens with zero attached hydrogens (tertiary/aromatic N) is 2. The van der Waals surface area contributed by atoms with Crippen molar-refractivity contribution in [2.75, 3.05) is 6.61 Å². The van der Waals surface area contributed by atoms with Crippen LogP contribution in [0, 0.1) is 17.8 Å². The Balaban J connectivity index is 1.31. The van der Waals surface area contributed by atoms with E-state index in [4.69, 9.17) is 0 Å². The summed E-state index contributed by atoms with van der Waals surface area (Å²) in [6.45, 7) is 0.190. The van der Waals surface area contributed by atoms with E-state index in [1.54, 1.807) is 0 Å². The molecule has 2 N–H and O–H groups in total. The van der Waals surface area contributed by atoms with Crippen molar-refractivity contribution in [2.24, 2.45) is 17.8 Å². The lowest BCUT2D eigenvalue weighted by Crippen LogP contribution is -2.45. The van der Waals surface area contributed by atoms with Crippen molar-refractivity contribution >= 4 is 5.91 Å². The lowest BCUT2D eigenvalue weighted by Gasteiger charge is -2.30. The minimum absolute atomic E-state index is 0.0865. The van der Waals surface area contributed by atoms with Crippen LogP contribution in [0.15, 0.2) is 42.7 Å². The van der Waals surface area contributed by atoms with Gasteiger partial charge in [-0.15, -0.1) is 0 Å². The van der Waals surface area contributed by atoms with Crippen molar-refractivity contribution in [3.63, 3.8) is 0 Å². The number of amides is 1. The van der Waals surface area contributed by atoms with Crippen LogP contribution in [0.4, 0.5) is 0 Å². The lowest BCUT2D eigenvalue weighted by molar-refractivity contribution is -0.122. The van der Waals surface area contributed by atoms with Gasteiger partial charge < -0.3 is 10.4 Å². The van der Waals surface area contributed by atoms with E-state index in [1.165, 1.54) is 19.3 Å². The number of benzene rings is 1. The number of aliphatic hydroxyl groups is 1. The standard InChI is InChI=1S/C20H25N3O2/c24-13-18-15-7-8-16(10-15)20(18)22-19(25)9-6-14-11-21-23(12-14)17-4-2-1-3-5-17/h1-5,11-12,15-16,18,20,24H,6-10,13H2,(H,22,25). The highest BCUT2D eigenvalue weighted by Gasteiger charge is 2.47. The highest BCUT2D eigenvalue weighted by molar-refractivity contribution is 5.76. The molecule has 2 aliphatic rings. The molecule has 0 radical (unpaired) electrons. The van der Waals surface area contributed by atoms with Gasteiger partial charge in [0.2, 0.25) is 5.91 Å². The third-order valence-corrected chi connectivity index (χ3v) is 5.92. The van der Waals surface area contributed by atoms with Gasteiger partial charge in [-0.05, 0) is 55.2 Å². The molecule has 1 heterocycles. The second-order valence-electron chi connectivity index (χ2n) is 7.40. The normalized spacial score (nSPS) is 27.6. The van der Waals surface area contributed by atoms with E-state index in [0.29, 0.717) is 24.7 Å². The fourth-order valence-electron chi connectivity index (χ4n) is 4.63. The number of fused-ring (bicyclic) bond motifs is 2. The number of rotatable bonds is 6. The van der Waals surface area contributed by atoms with Crippen LogP contribution in [0.25, 0.3) is 5.69 Å². The van der Waals surface area contributed by atoms with E-state index in [9.17, 15) is 9.90 Å². The Morgan fingerprint density at radius 2 is 2.04 bits per heavy atom. The molecular formula is C20H25N3O2. The van der Waals surface area contributed by atoms with Gasteiger partial charge in [0.15, 0.2) is 0 Å². The predicted molar refractivity (Wildman–Crippen MR) is 95.2 cm³/mol. The first-order valence-corrected chi connectivity index (χ1v) is 9.24. The molecule has 2 bridgehead atoms. The van der Waals surface area contributed by atoms with Crippen LogP contribution >= 0.6 is 0 Å². The number of carbonyl (C=O) groups is 1. The molecule has 1 aromatic carbocycles. The molecule has 5 nitrogen and oxygen atoms in total. The van der Waals surface area contributed by atoms with Crippen LogP contribution in [0.5, 0.6) is 0 Å². The molecule has 2 aliphatic carbocycles. The molecule has 2 fully saturated rings. The number of aryl methyl sites for hydroxylation is 1. The third kappa shape index (κ3) is 3.33. The summed E-state index contributed by atoms with van der Waals surface area (Å²) < 4.78 is 1.84. The largest absolute Gasteiger partial charge is 0.396 e. The lowest BCUT2D eigenvalue weighted by atomic mass is 9.85. The van der Waals surface area contributed by atoms with Crippen LogP contribution in [0.3, 0.4) is 0 Å². The van der Waals surface area contributed by atoms with Gasteiger partial charge in [0, 0.05) is 31.2 Å². The monoisotopic (exact) mass is 339 g/mol. The zero-order valence-electron chi connectivity index (χ0n) is 14.3. The Morgan fingerprint density at radius 1 is 1.24 bits per heavy atom. The number of para-hydroxylation sites is 1. The summed E-state index contributed by atoms with van der Waals surface area (Å²) >= 11 is 0. The highest BCUT2D eigenvalue weighted by atomic mass is 16.3. The average molecular weight is 339 g/mol. The minimum Gasteiger partial charge on any atom is -0.396 e. The second kappa shape index (κ2) is 7.00. The Kier molecular flexibility index (Phi) is 4.57. The number of hydrogen-bond acceptors (Lipinski definition) is 3. The molecule has 1 aromatic heterocycles. The number of hydrogen-bond donors (Lipinski definition) is 2. The van der Waals surface area contributed by atoms with Crippen molar-refractivity contribution in [1.82, 2.24) is 15.1 Å². The summed E-state index contributed by atoms with van der Waals surface area (Å²) in [6.07, 6.45) is 8.53. The van der Waals surface area contributed by atoms with Crippen molar-refractivity contribution < 1.29 is 9.90 Å². The van der Waals surface area contributed by atoms with E-state index >= 15 is 0 Å². The summed E-state index contributed by atoms with van der Waals surface area (Å²) in [5.41, 5.74) is 2.08. The molecule has 1 amide bonds. The van der Waals surface area contributed by atoms with E-state index in [1.807, 2.05) is 47.4 Å². The Hall–Kier alpha value is -2.14. The predicted octanol–water partition coefficient (Wildman–Crippen LogP) is 2.33. The van der Waals surface area contributed by atoms with Gasteiger partial charge in [-0.3, -0.25) is 4.79 Å². The van der Waals surface area contributed by atoms with Crippen molar-refractivity contribution in [2.45, 2.75) is 38.1 Å². The summed E-state index contributed by atoms with van der Waals surface area (Å²) in [4.78, 5) is 12.4. The van der Waals surface area contributed by atoms with E-state index in [0.717, 1.165) is 11.3 Å². The number of aromatic nitrogens is 2. The molecule has 0 aliphatic heterocycles. The zero-order valence-corrected chi connectivity index (χ0v) is 14.3. The molecule has 0 spiro atoms. The van der Waals surface area contributed by atoms with Crippen molar-refractivity contribution in [3.05, 3.63) is 48.3 Å². The van der Waals surface area contributed by atoms with Crippen molar-refractivity contribution in [3.8, 4) is 5.69 Å². The fourth-order valence-corrected chi connectivity index (χ4v) is 4.63. The summed E-state index contributed by atoms with van der Waals surface area (Å²) in [7, 11) is 0. The van der Waals surface area contributed by atoms with E-state index in [-0.39, 0.29) is 24.5 Å². The second-order valence-corrected chi connectivity index (χ2v) is 7.40. The van der Waals surface area contributed by atoms with Gasteiger partial charge in [-0.1, -0.05) is 18.2 Å². The number of carbonyl (C=O) groups excluding carboxylic acids is 1. The first-order valence-electron chi connectivity index (χ1n) is 9.24. The average Bonchev–Trinajstić information content (AvgIpc) is 3.37. The highest BCUT2D eigenvalue weighted by Crippen LogP contribution is 2.48. The van der Waals surface area contributed by atoms with Gasteiger partial charge in [-0.25, -0.2) is 4.68 Å². The smallest absolute Gasteiger partial charge is 0.220 e. The van der Waals surface area contributed by atoms with E-state index in [2.05, 4.69) is 10.4 Å². The fraction of sp³-hybridized carbons (Fsp3) is 0.500. The van der Waals surface area contributed by atoms with Crippen molar-refractivity contribution in [1.29, 1.82) is 0 Å². The molecule has 4 unspecified atom stereocenters. The van der Waals surface area contributed by atoms with Crippen LogP contribution in [-0.4, -0.2) is 33.4 Å². The Morgan fingerprint density at radius 3 is 2.84 bits per heavy atom. The maximum Gasteiger partial charge on any atom is 0.220 e. The third-order valence-electron chi connectivity index (χ3n) is 5.92.